The number of likely N-dealkylation sites (tertiary alicyclic amines) is 1. The summed E-state index contributed by atoms with van der Waals surface area (Å²) in [5.74, 6) is 2.42. The van der Waals surface area contributed by atoms with Crippen LogP contribution in [0.15, 0.2) is 34.9 Å². The van der Waals surface area contributed by atoms with Crippen molar-refractivity contribution >= 4 is 12.4 Å². The molecular formula is C18H27ClN4O. The lowest BCUT2D eigenvalue weighted by molar-refractivity contribution is 0.291. The fourth-order valence-electron chi connectivity index (χ4n) is 3.23. The Kier molecular flexibility index (Phi) is 6.01. The molecule has 2 heterocycles. The van der Waals surface area contributed by atoms with Crippen LogP contribution in [-0.2, 0) is 12.0 Å². The van der Waals surface area contributed by atoms with Gasteiger partial charge in [-0.3, -0.25) is 4.90 Å². The number of rotatable bonds is 4. The third-order valence-electron chi connectivity index (χ3n) is 4.52. The van der Waals surface area contributed by atoms with Crippen molar-refractivity contribution in [2.24, 2.45) is 11.7 Å². The molecule has 1 aromatic heterocycles. The first-order valence-electron chi connectivity index (χ1n) is 8.28. The minimum atomic E-state index is -0.109. The van der Waals surface area contributed by atoms with Crippen molar-refractivity contribution in [1.82, 2.24) is 15.0 Å². The van der Waals surface area contributed by atoms with E-state index < -0.39 is 0 Å². The minimum absolute atomic E-state index is 0. The van der Waals surface area contributed by atoms with Gasteiger partial charge >= 0.3 is 0 Å². The van der Waals surface area contributed by atoms with Crippen LogP contribution >= 0.6 is 12.4 Å². The lowest BCUT2D eigenvalue weighted by atomic mass is 9.89. The SMILES string of the molecule is CC(C)(C)c1nc(CN2C[C@@H](CN)[C@H](c3ccccc3)C2)no1.Cl. The first-order chi connectivity index (χ1) is 11.0. The maximum Gasteiger partial charge on any atom is 0.232 e. The van der Waals surface area contributed by atoms with Crippen LogP contribution in [0, 0.1) is 5.92 Å². The monoisotopic (exact) mass is 350 g/mol. The lowest BCUT2D eigenvalue weighted by Gasteiger charge is -2.16. The summed E-state index contributed by atoms with van der Waals surface area (Å²) in [6.45, 7) is 9.64. The predicted octanol–water partition coefficient (Wildman–Crippen LogP) is 2.96. The van der Waals surface area contributed by atoms with E-state index >= 15 is 0 Å². The Morgan fingerprint density at radius 1 is 1.21 bits per heavy atom. The predicted molar refractivity (Wildman–Crippen MR) is 97.3 cm³/mol. The fraction of sp³-hybridized carbons (Fsp3) is 0.556. The van der Waals surface area contributed by atoms with Crippen LogP contribution < -0.4 is 5.73 Å². The third-order valence-corrected chi connectivity index (χ3v) is 4.52. The molecule has 1 saturated heterocycles. The molecule has 0 spiro atoms. The Morgan fingerprint density at radius 2 is 1.92 bits per heavy atom. The van der Waals surface area contributed by atoms with Gasteiger partial charge in [-0.25, -0.2) is 0 Å². The number of hydrogen-bond acceptors (Lipinski definition) is 5. The van der Waals surface area contributed by atoms with Gasteiger partial charge in [0, 0.05) is 24.4 Å². The van der Waals surface area contributed by atoms with Crippen molar-refractivity contribution in [3.8, 4) is 0 Å². The molecule has 1 aliphatic heterocycles. The van der Waals surface area contributed by atoms with Crippen molar-refractivity contribution in [3.63, 3.8) is 0 Å². The van der Waals surface area contributed by atoms with Gasteiger partial charge in [-0.05, 0) is 18.0 Å². The molecule has 2 N–H and O–H groups in total. The van der Waals surface area contributed by atoms with Gasteiger partial charge in [-0.1, -0.05) is 56.3 Å². The summed E-state index contributed by atoms with van der Waals surface area (Å²) in [6.07, 6.45) is 0. The Labute approximate surface area is 150 Å². The van der Waals surface area contributed by atoms with Crippen LogP contribution in [0.1, 0.15) is 44.0 Å². The van der Waals surface area contributed by atoms with Crippen LogP contribution in [0.4, 0.5) is 0 Å². The Balaban J connectivity index is 0.00000208. The van der Waals surface area contributed by atoms with Gasteiger partial charge in [-0.2, -0.15) is 4.98 Å². The molecule has 5 nitrogen and oxygen atoms in total. The second-order valence-corrected chi connectivity index (χ2v) is 7.47. The van der Waals surface area contributed by atoms with Crippen LogP contribution in [0.5, 0.6) is 0 Å². The molecule has 0 bridgehead atoms. The van der Waals surface area contributed by atoms with Crippen LogP contribution in [-0.4, -0.2) is 34.7 Å². The highest BCUT2D eigenvalue weighted by Crippen LogP contribution is 2.32. The number of benzene rings is 1. The van der Waals surface area contributed by atoms with Gasteiger partial charge in [-0.15, -0.1) is 12.4 Å². The summed E-state index contributed by atoms with van der Waals surface area (Å²) in [5.41, 5.74) is 7.26. The average molecular weight is 351 g/mol. The zero-order valence-electron chi connectivity index (χ0n) is 14.6. The maximum atomic E-state index is 6.00. The van der Waals surface area contributed by atoms with Crippen molar-refractivity contribution < 1.29 is 4.52 Å². The average Bonchev–Trinajstić information content (AvgIpc) is 3.15. The van der Waals surface area contributed by atoms with Gasteiger partial charge in [0.05, 0.1) is 6.54 Å². The number of halogens is 1. The summed E-state index contributed by atoms with van der Waals surface area (Å²) >= 11 is 0. The quantitative estimate of drug-likeness (QED) is 0.918. The highest BCUT2D eigenvalue weighted by Gasteiger charge is 2.33. The number of aromatic nitrogens is 2. The molecule has 1 aromatic carbocycles. The van der Waals surface area contributed by atoms with Crippen molar-refractivity contribution in [1.29, 1.82) is 0 Å². The lowest BCUT2D eigenvalue weighted by Crippen LogP contribution is -2.23. The zero-order valence-corrected chi connectivity index (χ0v) is 15.4. The Hall–Kier alpha value is -1.43. The van der Waals surface area contributed by atoms with Gasteiger partial charge in [0.15, 0.2) is 5.82 Å². The topological polar surface area (TPSA) is 68.2 Å². The maximum absolute atomic E-state index is 6.00. The van der Waals surface area contributed by atoms with Crippen LogP contribution in [0.25, 0.3) is 0 Å². The molecule has 132 valence electrons. The van der Waals surface area contributed by atoms with E-state index in [1.165, 1.54) is 5.56 Å². The summed E-state index contributed by atoms with van der Waals surface area (Å²) in [4.78, 5) is 6.92. The van der Waals surface area contributed by atoms with Crippen LogP contribution in [0.2, 0.25) is 0 Å². The van der Waals surface area contributed by atoms with Crippen molar-refractivity contribution in [2.75, 3.05) is 19.6 Å². The summed E-state index contributed by atoms with van der Waals surface area (Å²) in [5, 5.41) is 4.14. The molecule has 0 unspecified atom stereocenters. The molecule has 1 fully saturated rings. The number of nitrogens with two attached hydrogens (primary N) is 1. The van der Waals surface area contributed by atoms with Crippen LogP contribution in [0.3, 0.4) is 0 Å². The van der Waals surface area contributed by atoms with E-state index in [1.807, 2.05) is 0 Å². The first kappa shape index (κ1) is 18.9. The van der Waals surface area contributed by atoms with E-state index in [9.17, 15) is 0 Å². The minimum Gasteiger partial charge on any atom is -0.339 e. The van der Waals surface area contributed by atoms with Crippen molar-refractivity contribution in [2.45, 2.75) is 38.6 Å². The summed E-state index contributed by atoms with van der Waals surface area (Å²) in [6, 6.07) is 10.6. The second-order valence-electron chi connectivity index (χ2n) is 7.47. The van der Waals surface area contributed by atoms with E-state index in [1.54, 1.807) is 0 Å². The molecular weight excluding hydrogens is 324 g/mol. The Morgan fingerprint density at radius 3 is 2.50 bits per heavy atom. The van der Waals surface area contributed by atoms with E-state index in [0.29, 0.717) is 24.3 Å². The Bertz CT molecular complexity index is 638. The molecule has 1 aliphatic rings. The molecule has 0 amide bonds. The summed E-state index contributed by atoms with van der Waals surface area (Å²) < 4.78 is 5.39. The molecule has 24 heavy (non-hydrogen) atoms. The molecule has 6 heteroatoms. The largest absolute Gasteiger partial charge is 0.339 e. The van der Waals surface area contributed by atoms with E-state index in [4.69, 9.17) is 10.3 Å². The second kappa shape index (κ2) is 7.64. The first-order valence-corrected chi connectivity index (χ1v) is 8.28. The summed E-state index contributed by atoms with van der Waals surface area (Å²) in [7, 11) is 0. The fourth-order valence-corrected chi connectivity index (χ4v) is 3.23. The molecule has 0 radical (unpaired) electrons. The highest BCUT2D eigenvalue weighted by atomic mass is 35.5. The van der Waals surface area contributed by atoms with Gasteiger partial charge in [0.2, 0.25) is 5.89 Å². The normalized spacial score (nSPS) is 21.7. The molecule has 3 rings (SSSR count). The van der Waals surface area contributed by atoms with Gasteiger partial charge < -0.3 is 10.3 Å². The molecule has 0 saturated carbocycles. The molecule has 0 aliphatic carbocycles. The van der Waals surface area contributed by atoms with Gasteiger partial charge in [0.1, 0.15) is 0 Å². The smallest absolute Gasteiger partial charge is 0.232 e. The molecule has 2 aromatic rings. The van der Waals surface area contributed by atoms with E-state index in [2.05, 4.69) is 66.1 Å². The zero-order chi connectivity index (χ0) is 16.4. The number of nitrogens with zero attached hydrogens (tertiary/aromatic N) is 3. The number of hydrogen-bond donors (Lipinski definition) is 1. The van der Waals surface area contributed by atoms with Crippen molar-refractivity contribution in [3.05, 3.63) is 47.6 Å². The standard InChI is InChI=1S/C18H26N4O.ClH/c1-18(2,3)17-20-16(21-23-17)12-22-10-14(9-19)15(11-22)13-7-5-4-6-8-13;/h4-8,14-15H,9-12,19H2,1-3H3;1H/t14-,15+;/m1./s1. The molecule has 2 atom stereocenters. The van der Waals surface area contributed by atoms with E-state index in [0.717, 1.165) is 25.5 Å². The van der Waals surface area contributed by atoms with Gasteiger partial charge in [0.25, 0.3) is 0 Å². The third kappa shape index (κ3) is 4.15. The van der Waals surface area contributed by atoms with E-state index in [-0.39, 0.29) is 17.8 Å². The highest BCUT2D eigenvalue weighted by molar-refractivity contribution is 5.85.